The van der Waals surface area contributed by atoms with Crippen molar-refractivity contribution in [2.24, 2.45) is 0 Å². The lowest BCUT2D eigenvalue weighted by molar-refractivity contribution is -0.145. The van der Waals surface area contributed by atoms with Crippen molar-refractivity contribution in [2.45, 2.75) is 31.8 Å². The van der Waals surface area contributed by atoms with Crippen LogP contribution in [0.5, 0.6) is 5.75 Å². The molecule has 0 bridgehead atoms. The van der Waals surface area contributed by atoms with Gasteiger partial charge in [0.05, 0.1) is 6.61 Å². The van der Waals surface area contributed by atoms with E-state index in [1.165, 1.54) is 0 Å². The van der Waals surface area contributed by atoms with Crippen molar-refractivity contribution >= 4 is 5.97 Å². The lowest BCUT2D eigenvalue weighted by Crippen LogP contribution is -2.35. The Morgan fingerprint density at radius 2 is 1.69 bits per heavy atom. The first-order valence-electron chi connectivity index (χ1n) is 12.2. The van der Waals surface area contributed by atoms with E-state index in [0.29, 0.717) is 30.4 Å². The highest BCUT2D eigenvalue weighted by Gasteiger charge is 2.44. The minimum atomic E-state index is -0.882. The minimum Gasteiger partial charge on any atom is -0.482 e. The van der Waals surface area contributed by atoms with Crippen molar-refractivity contribution in [1.29, 1.82) is 0 Å². The van der Waals surface area contributed by atoms with Gasteiger partial charge < -0.3 is 18.6 Å². The molecule has 184 valence electrons. The fourth-order valence-corrected chi connectivity index (χ4v) is 4.92. The fraction of sp³-hybridized carbons (Fsp3) is 0.267. The Labute approximate surface area is 210 Å². The molecule has 0 saturated carbocycles. The number of methoxy groups -OCH3 is 1. The number of benzene rings is 3. The molecule has 1 atom stereocenters. The van der Waals surface area contributed by atoms with Gasteiger partial charge in [0.25, 0.3) is 0 Å². The third-order valence-corrected chi connectivity index (χ3v) is 6.58. The Balaban J connectivity index is 1.61. The van der Waals surface area contributed by atoms with Crippen LogP contribution in [0.25, 0.3) is 22.6 Å². The maximum absolute atomic E-state index is 11.9. The van der Waals surface area contributed by atoms with E-state index in [0.717, 1.165) is 40.8 Å². The molecule has 1 aliphatic carbocycles. The summed E-state index contributed by atoms with van der Waals surface area (Å²) in [6.07, 6.45) is 2.36. The smallest absolute Gasteiger partial charge is 0.344 e. The molecule has 36 heavy (non-hydrogen) atoms. The molecule has 0 radical (unpaired) electrons. The number of oxazole rings is 1. The first kappa shape index (κ1) is 23.8. The molecular formula is C30H29NO5. The van der Waals surface area contributed by atoms with E-state index in [9.17, 15) is 4.79 Å². The molecule has 0 N–H and O–H groups in total. The first-order valence-corrected chi connectivity index (χ1v) is 12.2. The first-order chi connectivity index (χ1) is 17.7. The lowest BCUT2D eigenvalue weighted by Gasteiger charge is -2.36. The van der Waals surface area contributed by atoms with E-state index in [1.54, 1.807) is 14.0 Å². The van der Waals surface area contributed by atoms with E-state index in [4.69, 9.17) is 23.6 Å². The van der Waals surface area contributed by atoms with Crippen molar-refractivity contribution in [3.63, 3.8) is 0 Å². The number of rotatable bonds is 8. The van der Waals surface area contributed by atoms with Crippen molar-refractivity contribution in [2.75, 3.05) is 20.3 Å². The van der Waals surface area contributed by atoms with Gasteiger partial charge in [-0.25, -0.2) is 9.78 Å². The van der Waals surface area contributed by atoms with E-state index in [2.05, 4.69) is 0 Å². The van der Waals surface area contributed by atoms with Crippen LogP contribution < -0.4 is 4.74 Å². The second kappa shape index (κ2) is 10.4. The Kier molecular flexibility index (Phi) is 6.87. The van der Waals surface area contributed by atoms with Crippen LogP contribution in [0.3, 0.4) is 0 Å². The summed E-state index contributed by atoms with van der Waals surface area (Å²) in [6.45, 7) is 1.96. The highest BCUT2D eigenvalue weighted by atomic mass is 16.6. The van der Waals surface area contributed by atoms with Crippen molar-refractivity contribution in [3.8, 4) is 28.3 Å². The zero-order chi connectivity index (χ0) is 25.0. The monoisotopic (exact) mass is 483 g/mol. The Morgan fingerprint density at radius 1 is 0.972 bits per heavy atom. The van der Waals surface area contributed by atoms with Crippen LogP contribution in [0.1, 0.15) is 36.8 Å². The SMILES string of the molecule is CCOC(=O)COc1cccc2c1CCC[C@]2(OC)c1nc(-c2ccccc2)c(-c2ccccc2)o1. The molecule has 1 aliphatic rings. The van der Waals surface area contributed by atoms with Gasteiger partial charge in [-0.05, 0) is 37.8 Å². The number of ether oxygens (including phenoxy) is 3. The van der Waals surface area contributed by atoms with Crippen LogP contribution in [0.4, 0.5) is 0 Å². The minimum absolute atomic E-state index is 0.139. The molecule has 1 aromatic heterocycles. The molecule has 0 amide bonds. The Hall–Kier alpha value is -3.90. The van der Waals surface area contributed by atoms with Gasteiger partial charge in [0, 0.05) is 23.8 Å². The molecule has 0 saturated heterocycles. The van der Waals surface area contributed by atoms with Crippen molar-refractivity contribution in [1.82, 2.24) is 4.98 Å². The van der Waals surface area contributed by atoms with Crippen LogP contribution in [0.2, 0.25) is 0 Å². The zero-order valence-corrected chi connectivity index (χ0v) is 20.5. The van der Waals surface area contributed by atoms with E-state index in [-0.39, 0.29) is 6.61 Å². The molecule has 1 heterocycles. The third kappa shape index (κ3) is 4.40. The van der Waals surface area contributed by atoms with Gasteiger partial charge in [-0.15, -0.1) is 0 Å². The molecule has 4 aromatic rings. The fourth-order valence-electron chi connectivity index (χ4n) is 4.92. The third-order valence-electron chi connectivity index (χ3n) is 6.58. The summed E-state index contributed by atoms with van der Waals surface area (Å²) < 4.78 is 23.7. The maximum atomic E-state index is 11.9. The topological polar surface area (TPSA) is 70.8 Å². The number of hydrogen-bond donors (Lipinski definition) is 0. The summed E-state index contributed by atoms with van der Waals surface area (Å²) >= 11 is 0. The van der Waals surface area contributed by atoms with Crippen molar-refractivity contribution < 1.29 is 23.4 Å². The molecule has 3 aromatic carbocycles. The molecule has 6 nitrogen and oxygen atoms in total. The van der Waals surface area contributed by atoms with E-state index >= 15 is 0 Å². The van der Waals surface area contributed by atoms with Gasteiger partial charge in [0.15, 0.2) is 18.0 Å². The van der Waals surface area contributed by atoms with E-state index < -0.39 is 11.6 Å². The van der Waals surface area contributed by atoms with Crippen LogP contribution >= 0.6 is 0 Å². The van der Waals surface area contributed by atoms with Gasteiger partial charge >= 0.3 is 5.97 Å². The molecular weight excluding hydrogens is 454 g/mol. The highest BCUT2D eigenvalue weighted by Crippen LogP contribution is 2.47. The summed E-state index contributed by atoms with van der Waals surface area (Å²) in [5.74, 6) is 1.47. The highest BCUT2D eigenvalue weighted by molar-refractivity contribution is 5.77. The summed E-state index contributed by atoms with van der Waals surface area (Å²) in [4.78, 5) is 16.9. The number of fused-ring (bicyclic) bond motifs is 1. The Bertz CT molecular complexity index is 1280. The number of carbonyl (C=O) groups excluding carboxylic acids is 1. The molecule has 0 unspecified atom stereocenters. The number of carbonyl (C=O) groups is 1. The molecule has 5 rings (SSSR count). The van der Waals surface area contributed by atoms with Crippen molar-refractivity contribution in [3.05, 3.63) is 95.9 Å². The van der Waals surface area contributed by atoms with Crippen LogP contribution in [-0.4, -0.2) is 31.3 Å². The van der Waals surface area contributed by atoms with Crippen LogP contribution in [0.15, 0.2) is 83.3 Å². The quantitative estimate of drug-likeness (QED) is 0.279. The predicted octanol–water partition coefficient (Wildman–Crippen LogP) is 6.18. The average molecular weight is 484 g/mol. The maximum Gasteiger partial charge on any atom is 0.344 e. The molecule has 0 fully saturated rings. The van der Waals surface area contributed by atoms with Gasteiger partial charge in [-0.2, -0.15) is 0 Å². The lowest BCUT2D eigenvalue weighted by atomic mass is 9.78. The number of aromatic nitrogens is 1. The largest absolute Gasteiger partial charge is 0.482 e. The average Bonchev–Trinajstić information content (AvgIpc) is 3.39. The standard InChI is InChI=1S/C30H29NO5/c1-3-34-26(32)20-35-25-18-10-17-24-23(25)16-11-19-30(24,33-2)29-31-27(21-12-6-4-7-13-21)28(36-29)22-14-8-5-9-15-22/h4-10,12-15,17-18H,3,11,16,19-20H2,1-2H3/t30-/m1/s1. The van der Waals surface area contributed by atoms with Gasteiger partial charge in [0.2, 0.25) is 5.89 Å². The predicted molar refractivity (Wildman–Crippen MR) is 137 cm³/mol. The summed E-state index contributed by atoms with van der Waals surface area (Å²) in [6, 6.07) is 25.9. The molecule has 0 aliphatic heterocycles. The molecule has 0 spiro atoms. The number of nitrogens with zero attached hydrogens (tertiary/aromatic N) is 1. The summed E-state index contributed by atoms with van der Waals surface area (Å²) in [7, 11) is 1.69. The number of esters is 1. The summed E-state index contributed by atoms with van der Waals surface area (Å²) in [5, 5.41) is 0. The normalized spacial score (nSPS) is 16.8. The van der Waals surface area contributed by atoms with E-state index in [1.807, 2.05) is 78.9 Å². The number of hydrogen-bond acceptors (Lipinski definition) is 6. The van der Waals surface area contributed by atoms with Crippen LogP contribution in [-0.2, 0) is 26.3 Å². The molecule has 6 heteroatoms. The van der Waals surface area contributed by atoms with Gasteiger partial charge in [-0.3, -0.25) is 0 Å². The van der Waals surface area contributed by atoms with Crippen LogP contribution in [0, 0.1) is 0 Å². The second-order valence-electron chi connectivity index (χ2n) is 8.69. The zero-order valence-electron chi connectivity index (χ0n) is 20.5. The Morgan fingerprint density at radius 3 is 2.39 bits per heavy atom. The summed E-state index contributed by atoms with van der Waals surface area (Å²) in [5.41, 5.74) is 3.75. The second-order valence-corrected chi connectivity index (χ2v) is 8.69. The van der Waals surface area contributed by atoms with Gasteiger partial charge in [-0.1, -0.05) is 72.8 Å². The van der Waals surface area contributed by atoms with Gasteiger partial charge in [0.1, 0.15) is 11.4 Å².